The molecule has 8 heteroatoms. The van der Waals surface area contributed by atoms with Gasteiger partial charge in [0, 0.05) is 44.9 Å². The third-order valence-corrected chi connectivity index (χ3v) is 7.78. The molecule has 0 spiro atoms. The van der Waals surface area contributed by atoms with E-state index in [4.69, 9.17) is 4.74 Å². The van der Waals surface area contributed by atoms with Crippen LogP contribution in [-0.2, 0) is 20.5 Å². The van der Waals surface area contributed by atoms with Crippen LogP contribution in [0.1, 0.15) is 54.4 Å². The molecule has 1 aromatic carbocycles. The number of amides is 1. The van der Waals surface area contributed by atoms with E-state index < -0.39 is 10.0 Å². The van der Waals surface area contributed by atoms with Gasteiger partial charge in [0.25, 0.3) is 5.91 Å². The molecular formula is C22H35N3O4S. The number of nitrogens with one attached hydrogen (secondary N) is 1. The summed E-state index contributed by atoms with van der Waals surface area (Å²) in [5.41, 5.74) is 1.25. The van der Waals surface area contributed by atoms with Gasteiger partial charge < -0.3 is 15.0 Å². The summed E-state index contributed by atoms with van der Waals surface area (Å²) in [6.45, 7) is 3.82. The lowest BCUT2D eigenvalue weighted by atomic mass is 9.98. The predicted octanol–water partition coefficient (Wildman–Crippen LogP) is 2.23. The zero-order valence-corrected chi connectivity index (χ0v) is 18.8. The van der Waals surface area contributed by atoms with Crippen molar-refractivity contribution in [3.8, 4) is 0 Å². The molecule has 0 atom stereocenters. The lowest BCUT2D eigenvalue weighted by Crippen LogP contribution is -2.47. The van der Waals surface area contributed by atoms with E-state index >= 15 is 0 Å². The number of nitrogens with zero attached hydrogens (tertiary/aromatic N) is 2. The zero-order valence-electron chi connectivity index (χ0n) is 18.0. The number of piperazine rings is 1. The standard InChI is InChI=1S/C22H35N3O4S/c1-24-13-15-25(16-14-24)30(27,28)18-19-8-10-20(11-9-19)22(26)23-12-5-17-29-21-6-3-2-4-7-21/h8-11,21H,2-7,12-18H2,1H3,(H,23,26). The van der Waals surface area contributed by atoms with Crippen molar-refractivity contribution >= 4 is 15.9 Å². The van der Waals surface area contributed by atoms with E-state index in [0.29, 0.717) is 43.5 Å². The molecule has 0 unspecified atom stereocenters. The minimum atomic E-state index is -3.33. The van der Waals surface area contributed by atoms with Gasteiger partial charge in [0.2, 0.25) is 10.0 Å². The first kappa shape index (κ1) is 23.2. The molecule has 1 saturated heterocycles. The molecule has 2 fully saturated rings. The summed E-state index contributed by atoms with van der Waals surface area (Å²) >= 11 is 0. The molecule has 2 aliphatic rings. The third-order valence-electron chi connectivity index (χ3n) is 5.93. The van der Waals surface area contributed by atoms with Crippen LogP contribution in [0.2, 0.25) is 0 Å². The number of ether oxygens (including phenoxy) is 1. The van der Waals surface area contributed by atoms with Crippen LogP contribution in [0.25, 0.3) is 0 Å². The predicted molar refractivity (Wildman–Crippen MR) is 118 cm³/mol. The van der Waals surface area contributed by atoms with Crippen LogP contribution in [0.4, 0.5) is 0 Å². The van der Waals surface area contributed by atoms with Crippen molar-refractivity contribution in [3.63, 3.8) is 0 Å². The largest absolute Gasteiger partial charge is 0.378 e. The monoisotopic (exact) mass is 437 g/mol. The Balaban J connectivity index is 1.39. The maximum absolute atomic E-state index is 12.6. The fraction of sp³-hybridized carbons (Fsp3) is 0.682. The number of hydrogen-bond acceptors (Lipinski definition) is 5. The Morgan fingerprint density at radius 2 is 1.73 bits per heavy atom. The maximum atomic E-state index is 12.6. The van der Waals surface area contributed by atoms with Crippen LogP contribution in [0.15, 0.2) is 24.3 Å². The summed E-state index contributed by atoms with van der Waals surface area (Å²) in [7, 11) is -1.33. The van der Waals surface area contributed by atoms with Crippen LogP contribution in [0.3, 0.4) is 0 Å². The Labute approximate surface area is 180 Å². The molecule has 1 aliphatic carbocycles. The van der Waals surface area contributed by atoms with Crippen LogP contribution >= 0.6 is 0 Å². The van der Waals surface area contributed by atoms with Crippen molar-refractivity contribution in [1.82, 2.24) is 14.5 Å². The van der Waals surface area contributed by atoms with Crippen molar-refractivity contribution in [2.45, 2.75) is 50.4 Å². The van der Waals surface area contributed by atoms with Gasteiger partial charge >= 0.3 is 0 Å². The number of carbonyl (C=O) groups is 1. The molecule has 1 saturated carbocycles. The van der Waals surface area contributed by atoms with Crippen molar-refractivity contribution in [2.75, 3.05) is 46.4 Å². The Bertz CT molecular complexity index is 768. The molecule has 1 heterocycles. The van der Waals surface area contributed by atoms with Crippen LogP contribution in [-0.4, -0.2) is 76.0 Å². The average molecular weight is 438 g/mol. The van der Waals surface area contributed by atoms with E-state index in [2.05, 4.69) is 10.2 Å². The normalized spacial score (nSPS) is 19.6. The molecule has 30 heavy (non-hydrogen) atoms. The Hall–Kier alpha value is -1.48. The van der Waals surface area contributed by atoms with Gasteiger partial charge in [-0.15, -0.1) is 0 Å². The number of benzene rings is 1. The van der Waals surface area contributed by atoms with Crippen LogP contribution in [0, 0.1) is 0 Å². The quantitative estimate of drug-likeness (QED) is 0.600. The van der Waals surface area contributed by atoms with Gasteiger partial charge in [-0.3, -0.25) is 4.79 Å². The van der Waals surface area contributed by atoms with Gasteiger partial charge in [-0.2, -0.15) is 4.31 Å². The summed E-state index contributed by atoms with van der Waals surface area (Å²) in [5.74, 6) is -0.168. The van der Waals surface area contributed by atoms with Gasteiger partial charge in [0.15, 0.2) is 0 Å². The summed E-state index contributed by atoms with van der Waals surface area (Å²) in [6, 6.07) is 6.86. The molecule has 1 N–H and O–H groups in total. The number of likely N-dealkylation sites (N-methyl/N-ethyl adjacent to an activating group) is 1. The fourth-order valence-corrected chi connectivity index (χ4v) is 5.49. The van der Waals surface area contributed by atoms with E-state index in [1.54, 1.807) is 28.6 Å². The highest BCUT2D eigenvalue weighted by atomic mass is 32.2. The van der Waals surface area contributed by atoms with E-state index in [1.807, 2.05) is 7.05 Å². The first-order valence-electron chi connectivity index (χ1n) is 11.1. The van der Waals surface area contributed by atoms with Gasteiger partial charge in [-0.05, 0) is 44.0 Å². The Morgan fingerprint density at radius 3 is 2.40 bits per heavy atom. The number of carbonyl (C=O) groups excluding carboxylic acids is 1. The number of hydrogen-bond donors (Lipinski definition) is 1. The molecule has 3 rings (SSSR count). The summed E-state index contributed by atoms with van der Waals surface area (Å²) in [4.78, 5) is 14.4. The van der Waals surface area contributed by atoms with E-state index in [9.17, 15) is 13.2 Å². The molecule has 1 aliphatic heterocycles. The molecule has 1 amide bonds. The second kappa shape index (κ2) is 11.2. The average Bonchev–Trinajstić information content (AvgIpc) is 2.74. The molecule has 7 nitrogen and oxygen atoms in total. The fourth-order valence-electron chi connectivity index (χ4n) is 3.98. The van der Waals surface area contributed by atoms with Gasteiger partial charge in [0.1, 0.15) is 0 Å². The molecule has 0 radical (unpaired) electrons. The van der Waals surface area contributed by atoms with Gasteiger partial charge in [-0.1, -0.05) is 31.4 Å². The van der Waals surface area contributed by atoms with Gasteiger partial charge in [-0.25, -0.2) is 8.42 Å². The highest BCUT2D eigenvalue weighted by Gasteiger charge is 2.25. The van der Waals surface area contributed by atoms with Crippen molar-refractivity contribution in [2.24, 2.45) is 0 Å². The van der Waals surface area contributed by atoms with Gasteiger partial charge in [0.05, 0.1) is 11.9 Å². The van der Waals surface area contributed by atoms with Crippen molar-refractivity contribution < 1.29 is 17.9 Å². The van der Waals surface area contributed by atoms with Crippen molar-refractivity contribution in [1.29, 1.82) is 0 Å². The zero-order chi connectivity index (χ0) is 21.4. The SMILES string of the molecule is CN1CCN(S(=O)(=O)Cc2ccc(C(=O)NCCCOC3CCCCC3)cc2)CC1. The lowest BCUT2D eigenvalue weighted by Gasteiger charge is -2.31. The van der Waals surface area contributed by atoms with Crippen LogP contribution in [0.5, 0.6) is 0 Å². The molecule has 168 valence electrons. The summed E-state index contributed by atoms with van der Waals surface area (Å²) < 4.78 is 32.7. The van der Waals surface area contributed by atoms with E-state index in [0.717, 1.165) is 32.4 Å². The molecule has 1 aromatic rings. The minimum Gasteiger partial charge on any atom is -0.378 e. The molecule has 0 bridgehead atoms. The summed E-state index contributed by atoms with van der Waals surface area (Å²) in [6.07, 6.45) is 7.33. The highest BCUT2D eigenvalue weighted by Crippen LogP contribution is 2.20. The Morgan fingerprint density at radius 1 is 1.07 bits per heavy atom. The smallest absolute Gasteiger partial charge is 0.251 e. The van der Waals surface area contributed by atoms with Crippen molar-refractivity contribution in [3.05, 3.63) is 35.4 Å². The highest BCUT2D eigenvalue weighted by molar-refractivity contribution is 7.88. The lowest BCUT2D eigenvalue weighted by molar-refractivity contribution is 0.0273. The van der Waals surface area contributed by atoms with Crippen LogP contribution < -0.4 is 5.32 Å². The second-order valence-corrected chi connectivity index (χ2v) is 10.4. The maximum Gasteiger partial charge on any atom is 0.251 e. The third kappa shape index (κ3) is 7.04. The number of sulfonamides is 1. The number of rotatable bonds is 9. The topological polar surface area (TPSA) is 79.0 Å². The van der Waals surface area contributed by atoms with E-state index in [-0.39, 0.29) is 11.7 Å². The first-order chi connectivity index (χ1) is 14.4. The van der Waals surface area contributed by atoms with E-state index in [1.165, 1.54) is 19.3 Å². The minimum absolute atomic E-state index is 0.0306. The first-order valence-corrected chi connectivity index (χ1v) is 12.7. The molecular weight excluding hydrogens is 402 g/mol. The Kier molecular flexibility index (Phi) is 8.68. The second-order valence-electron chi connectivity index (χ2n) is 8.40. The summed E-state index contributed by atoms with van der Waals surface area (Å²) in [5, 5.41) is 2.91. The molecule has 0 aromatic heterocycles.